The average Bonchev–Trinajstić information content (AvgIpc) is 3.37. The van der Waals surface area contributed by atoms with Crippen LogP contribution in [0.3, 0.4) is 0 Å². The van der Waals surface area contributed by atoms with E-state index < -0.39 is 15.0 Å². The lowest BCUT2D eigenvalue weighted by atomic mass is 9.84. The number of nitrogens with one attached hydrogen (secondary N) is 1. The number of fused-ring (bicyclic) bond motifs is 2. The number of amides is 1. The number of nitrogens with zero attached hydrogens (tertiary/aromatic N) is 1. The zero-order valence-corrected chi connectivity index (χ0v) is 18.8. The van der Waals surface area contributed by atoms with Crippen LogP contribution < -0.4 is 9.50 Å². The zero-order valence-electron chi connectivity index (χ0n) is 18.0. The van der Waals surface area contributed by atoms with Crippen molar-refractivity contribution in [2.45, 2.75) is 50.5 Å². The molecule has 2 saturated carbocycles. The molecule has 1 amide bonds. The molecule has 0 spiro atoms. The molecule has 2 aliphatic carbocycles. The minimum atomic E-state index is -4.27. The monoisotopic (exact) mass is 458 g/mol. The molecule has 2 bridgehead atoms. The van der Waals surface area contributed by atoms with Crippen LogP contribution in [-0.4, -0.2) is 25.3 Å². The van der Waals surface area contributed by atoms with E-state index in [1.165, 1.54) is 69.0 Å². The van der Waals surface area contributed by atoms with Crippen molar-refractivity contribution in [3.05, 3.63) is 63.7 Å². The molecule has 9 heteroatoms. The van der Waals surface area contributed by atoms with Gasteiger partial charge in [0.15, 0.2) is 0 Å². The molecule has 8 nitrogen and oxygen atoms in total. The molecule has 32 heavy (non-hydrogen) atoms. The predicted molar refractivity (Wildman–Crippen MR) is 118 cm³/mol. The van der Waals surface area contributed by atoms with Crippen molar-refractivity contribution in [1.82, 2.24) is 5.32 Å². The fraction of sp³-hybridized carbons (Fsp3) is 0.435. The third-order valence-electron chi connectivity index (χ3n) is 6.77. The quantitative estimate of drug-likeness (QED) is 0.377. The summed E-state index contributed by atoms with van der Waals surface area (Å²) in [6.07, 6.45) is 5.01. The summed E-state index contributed by atoms with van der Waals surface area (Å²) in [5.41, 5.74) is 0.409. The summed E-state index contributed by atoms with van der Waals surface area (Å²) in [4.78, 5) is 22.7. The highest BCUT2D eigenvalue weighted by molar-refractivity contribution is 7.87. The normalized spacial score (nSPS) is 23.0. The largest absolute Gasteiger partial charge is 0.379 e. The van der Waals surface area contributed by atoms with Crippen molar-refractivity contribution in [3.8, 4) is 5.75 Å². The molecule has 170 valence electrons. The molecule has 0 radical (unpaired) electrons. The molecule has 2 aromatic rings. The fourth-order valence-electron chi connectivity index (χ4n) is 5.11. The van der Waals surface area contributed by atoms with Gasteiger partial charge in [-0.15, -0.1) is 0 Å². The molecule has 4 atom stereocenters. The van der Waals surface area contributed by atoms with Crippen LogP contribution in [0.2, 0.25) is 0 Å². The van der Waals surface area contributed by atoms with Crippen LogP contribution >= 0.6 is 0 Å². The first kappa shape index (κ1) is 22.3. The van der Waals surface area contributed by atoms with Crippen molar-refractivity contribution >= 4 is 21.7 Å². The van der Waals surface area contributed by atoms with E-state index in [1.54, 1.807) is 0 Å². The van der Waals surface area contributed by atoms with E-state index in [0.717, 1.165) is 12.0 Å². The summed E-state index contributed by atoms with van der Waals surface area (Å²) in [6.45, 7) is 3.58. The second-order valence-electron chi connectivity index (χ2n) is 8.87. The van der Waals surface area contributed by atoms with E-state index in [2.05, 4.69) is 12.2 Å². The molecule has 0 aliphatic heterocycles. The van der Waals surface area contributed by atoms with Gasteiger partial charge in [-0.25, -0.2) is 0 Å². The maximum Gasteiger partial charge on any atom is 0.339 e. The Morgan fingerprint density at radius 1 is 1.16 bits per heavy atom. The minimum absolute atomic E-state index is 0.0219. The summed E-state index contributed by atoms with van der Waals surface area (Å²) in [6, 6.07) is 9.48. The molecule has 2 aliphatic rings. The summed E-state index contributed by atoms with van der Waals surface area (Å²) >= 11 is 0. The minimum Gasteiger partial charge on any atom is -0.379 e. The molecular weight excluding hydrogens is 432 g/mol. The van der Waals surface area contributed by atoms with Gasteiger partial charge in [0.1, 0.15) is 10.6 Å². The molecular formula is C23H26N2O6S. The maximum absolute atomic E-state index is 12.6. The number of carbonyl (C=O) groups excluding carboxylic acids is 1. The van der Waals surface area contributed by atoms with E-state index >= 15 is 0 Å². The second kappa shape index (κ2) is 8.54. The Hall–Kier alpha value is -2.94. The Labute approximate surface area is 187 Å². The van der Waals surface area contributed by atoms with Crippen LogP contribution in [0.1, 0.15) is 48.5 Å². The van der Waals surface area contributed by atoms with E-state index in [1.807, 2.05) is 0 Å². The van der Waals surface area contributed by atoms with Crippen molar-refractivity contribution in [1.29, 1.82) is 0 Å². The molecule has 2 fully saturated rings. The zero-order chi connectivity index (χ0) is 23.0. The number of aryl methyl sites for hydroxylation is 1. The van der Waals surface area contributed by atoms with E-state index in [0.29, 0.717) is 23.0 Å². The van der Waals surface area contributed by atoms with Gasteiger partial charge in [-0.05, 0) is 80.7 Å². The highest BCUT2D eigenvalue weighted by Gasteiger charge is 2.42. The van der Waals surface area contributed by atoms with Gasteiger partial charge < -0.3 is 9.50 Å². The predicted octanol–water partition coefficient (Wildman–Crippen LogP) is 4.23. The topological polar surface area (TPSA) is 116 Å². The van der Waals surface area contributed by atoms with Crippen molar-refractivity contribution in [2.75, 3.05) is 0 Å². The number of rotatable bonds is 7. The van der Waals surface area contributed by atoms with Gasteiger partial charge in [0.25, 0.3) is 11.6 Å². The van der Waals surface area contributed by atoms with Crippen LogP contribution in [-0.2, 0) is 10.1 Å². The SMILES string of the molecule is Cc1ccc([N+](=O)[O-])cc1S(=O)(=O)Oc1ccc(C(=O)N[C@H](C)[C@@H]2C[C@H]3CC[C@H]2C3)cc1. The summed E-state index contributed by atoms with van der Waals surface area (Å²) in [7, 11) is -4.27. The third kappa shape index (κ3) is 4.48. The highest BCUT2D eigenvalue weighted by atomic mass is 32.2. The summed E-state index contributed by atoms with van der Waals surface area (Å²) in [5, 5.41) is 14.1. The molecule has 4 rings (SSSR count). The Bertz CT molecular complexity index is 1150. The van der Waals surface area contributed by atoms with Crippen molar-refractivity contribution in [2.24, 2.45) is 17.8 Å². The molecule has 0 unspecified atom stereocenters. The fourth-order valence-corrected chi connectivity index (χ4v) is 6.29. The Morgan fingerprint density at radius 3 is 2.47 bits per heavy atom. The lowest BCUT2D eigenvalue weighted by Gasteiger charge is -2.28. The molecule has 0 saturated heterocycles. The van der Waals surface area contributed by atoms with Gasteiger partial charge in [-0.2, -0.15) is 8.42 Å². The van der Waals surface area contributed by atoms with Gasteiger partial charge in [0, 0.05) is 23.7 Å². The van der Waals surface area contributed by atoms with Gasteiger partial charge in [-0.1, -0.05) is 12.5 Å². The number of non-ortho nitro benzene ring substituents is 1. The Balaban J connectivity index is 1.43. The lowest BCUT2D eigenvalue weighted by molar-refractivity contribution is -0.385. The average molecular weight is 459 g/mol. The number of hydrogen-bond acceptors (Lipinski definition) is 6. The van der Waals surface area contributed by atoms with Crippen LogP contribution in [0.15, 0.2) is 47.4 Å². The number of nitro benzene ring substituents is 1. The van der Waals surface area contributed by atoms with Crippen LogP contribution in [0.4, 0.5) is 5.69 Å². The highest BCUT2D eigenvalue weighted by Crippen LogP contribution is 2.49. The molecule has 0 aromatic heterocycles. The van der Waals surface area contributed by atoms with Crippen molar-refractivity contribution < 1.29 is 22.3 Å². The van der Waals surface area contributed by atoms with E-state index in [9.17, 15) is 23.3 Å². The first-order valence-corrected chi connectivity index (χ1v) is 12.2. The van der Waals surface area contributed by atoms with Crippen LogP contribution in [0.25, 0.3) is 0 Å². The molecule has 2 aromatic carbocycles. The summed E-state index contributed by atoms with van der Waals surface area (Å²) < 4.78 is 30.4. The maximum atomic E-state index is 12.6. The van der Waals surface area contributed by atoms with E-state index in [4.69, 9.17) is 4.18 Å². The first-order valence-electron chi connectivity index (χ1n) is 10.7. The molecule has 0 heterocycles. The second-order valence-corrected chi connectivity index (χ2v) is 10.4. The van der Waals surface area contributed by atoms with Gasteiger partial charge >= 0.3 is 10.1 Å². The van der Waals surface area contributed by atoms with Crippen LogP contribution in [0, 0.1) is 34.8 Å². The summed E-state index contributed by atoms with van der Waals surface area (Å²) in [5.74, 6) is 1.84. The van der Waals surface area contributed by atoms with Crippen molar-refractivity contribution in [3.63, 3.8) is 0 Å². The number of benzene rings is 2. The number of carbonyl (C=O) groups is 1. The van der Waals surface area contributed by atoms with Crippen LogP contribution in [0.5, 0.6) is 5.75 Å². The Morgan fingerprint density at radius 2 is 1.88 bits per heavy atom. The van der Waals surface area contributed by atoms with Gasteiger partial charge in [0.05, 0.1) is 4.92 Å². The third-order valence-corrected chi connectivity index (χ3v) is 8.16. The van der Waals surface area contributed by atoms with Gasteiger partial charge in [-0.3, -0.25) is 14.9 Å². The molecule has 1 N–H and O–H groups in total. The smallest absolute Gasteiger partial charge is 0.339 e. The number of nitro groups is 1. The van der Waals surface area contributed by atoms with E-state index in [-0.39, 0.29) is 28.3 Å². The first-order chi connectivity index (χ1) is 15.1. The lowest BCUT2D eigenvalue weighted by Crippen LogP contribution is -2.40. The Kier molecular flexibility index (Phi) is 5.94. The number of hydrogen-bond donors (Lipinski definition) is 1. The van der Waals surface area contributed by atoms with Gasteiger partial charge in [0.2, 0.25) is 0 Å². The standard InChI is InChI=1S/C23H26N2O6S/c1-14-3-8-19(25(27)28)13-22(14)32(29,30)31-20-9-6-17(7-10-20)23(26)24-15(2)21-12-16-4-5-18(21)11-16/h3,6-10,13,15-16,18,21H,4-5,11-12H2,1-2H3,(H,24,26)/t15-,16+,18+,21+/m1/s1.